The van der Waals surface area contributed by atoms with Gasteiger partial charge in [0.1, 0.15) is 0 Å². The maximum atomic E-state index is 2.85. The molecule has 2 saturated heterocycles. The Bertz CT molecular complexity index is 225. The molecule has 0 aromatic rings. The normalized spacial score (nSPS) is 47.8. The van der Waals surface area contributed by atoms with Gasteiger partial charge in [0.05, 0.1) is 0 Å². The lowest BCUT2D eigenvalue weighted by atomic mass is 9.70. The smallest absolute Gasteiger partial charge is 0.0238 e. The monoisotopic (exact) mass is 193 g/mol. The zero-order valence-corrected chi connectivity index (χ0v) is 9.47. The third-order valence-electron chi connectivity index (χ3n) is 5.33. The molecule has 3 unspecified atom stereocenters. The minimum Gasteiger partial charge on any atom is -0.297 e. The van der Waals surface area contributed by atoms with E-state index in [4.69, 9.17) is 0 Å². The van der Waals surface area contributed by atoms with Gasteiger partial charge in [-0.3, -0.25) is 4.90 Å². The zero-order valence-electron chi connectivity index (χ0n) is 9.47. The van der Waals surface area contributed by atoms with E-state index < -0.39 is 0 Å². The van der Waals surface area contributed by atoms with Gasteiger partial charge in [-0.2, -0.15) is 0 Å². The summed E-state index contributed by atoms with van der Waals surface area (Å²) in [5, 5.41) is 0. The highest BCUT2D eigenvalue weighted by Crippen LogP contribution is 2.52. The van der Waals surface area contributed by atoms with Crippen LogP contribution in [0.2, 0.25) is 0 Å². The Morgan fingerprint density at radius 3 is 2.93 bits per heavy atom. The average Bonchev–Trinajstić information content (AvgIpc) is 2.73. The molecule has 1 nitrogen and oxygen atoms in total. The fraction of sp³-hybridized carbons (Fsp3) is 1.00. The molecule has 0 aromatic heterocycles. The highest BCUT2D eigenvalue weighted by Gasteiger charge is 2.54. The Hall–Kier alpha value is -0.0400. The standard InChI is InChI=1S/C13H23N/c1-2-13-8-5-9-14(13)10-11-6-3-4-7-12(11)13/h11-12H,2-10H2,1H3. The van der Waals surface area contributed by atoms with Gasteiger partial charge < -0.3 is 0 Å². The zero-order chi connectivity index (χ0) is 9.60. The minimum absolute atomic E-state index is 0.672. The molecule has 1 saturated carbocycles. The summed E-state index contributed by atoms with van der Waals surface area (Å²) in [6, 6.07) is 0. The molecular formula is C13H23N. The first-order valence-corrected chi connectivity index (χ1v) is 6.62. The van der Waals surface area contributed by atoms with Crippen LogP contribution in [0.15, 0.2) is 0 Å². The molecule has 3 fully saturated rings. The average molecular weight is 193 g/mol. The van der Waals surface area contributed by atoms with Crippen molar-refractivity contribution in [1.29, 1.82) is 0 Å². The lowest BCUT2D eigenvalue weighted by Gasteiger charge is -2.39. The van der Waals surface area contributed by atoms with Crippen LogP contribution in [0.5, 0.6) is 0 Å². The molecule has 1 heteroatoms. The SMILES string of the molecule is CCC12CCCN1CC1CCCCC12. The van der Waals surface area contributed by atoms with Crippen LogP contribution in [0.3, 0.4) is 0 Å². The van der Waals surface area contributed by atoms with E-state index in [0.29, 0.717) is 5.54 Å². The van der Waals surface area contributed by atoms with Gasteiger partial charge in [-0.05, 0) is 50.5 Å². The largest absolute Gasteiger partial charge is 0.297 e. The van der Waals surface area contributed by atoms with Crippen LogP contribution in [-0.2, 0) is 0 Å². The molecule has 3 atom stereocenters. The van der Waals surface area contributed by atoms with E-state index in [2.05, 4.69) is 11.8 Å². The van der Waals surface area contributed by atoms with Gasteiger partial charge in [0.2, 0.25) is 0 Å². The van der Waals surface area contributed by atoms with Gasteiger partial charge in [-0.1, -0.05) is 19.8 Å². The lowest BCUT2D eigenvalue weighted by molar-refractivity contribution is 0.122. The molecule has 80 valence electrons. The van der Waals surface area contributed by atoms with Crippen molar-refractivity contribution < 1.29 is 0 Å². The molecule has 0 radical (unpaired) electrons. The quantitative estimate of drug-likeness (QED) is 0.618. The van der Waals surface area contributed by atoms with Gasteiger partial charge in [0.25, 0.3) is 0 Å². The third kappa shape index (κ3) is 1.05. The molecule has 3 rings (SSSR count). The molecule has 2 heterocycles. The predicted octanol–water partition coefficient (Wildman–Crippen LogP) is 3.05. The van der Waals surface area contributed by atoms with Crippen LogP contribution in [0.1, 0.15) is 51.9 Å². The van der Waals surface area contributed by atoms with Crippen molar-refractivity contribution in [2.24, 2.45) is 11.8 Å². The second-order valence-corrected chi connectivity index (χ2v) is 5.66. The Labute approximate surface area is 87.9 Å². The summed E-state index contributed by atoms with van der Waals surface area (Å²) in [6.45, 7) is 5.27. The van der Waals surface area contributed by atoms with Crippen LogP contribution in [-0.4, -0.2) is 23.5 Å². The maximum absolute atomic E-state index is 2.85. The first-order valence-electron chi connectivity index (χ1n) is 6.62. The molecule has 0 spiro atoms. The molecule has 3 aliphatic rings. The topological polar surface area (TPSA) is 3.24 Å². The van der Waals surface area contributed by atoms with E-state index in [9.17, 15) is 0 Å². The molecule has 0 bridgehead atoms. The van der Waals surface area contributed by atoms with Crippen molar-refractivity contribution >= 4 is 0 Å². The second kappa shape index (κ2) is 3.23. The second-order valence-electron chi connectivity index (χ2n) is 5.66. The number of nitrogens with zero attached hydrogens (tertiary/aromatic N) is 1. The van der Waals surface area contributed by atoms with Gasteiger partial charge in [0, 0.05) is 12.1 Å². The fourth-order valence-corrected chi connectivity index (χ4v) is 4.73. The van der Waals surface area contributed by atoms with Crippen molar-refractivity contribution in [2.75, 3.05) is 13.1 Å². The number of fused-ring (bicyclic) bond motifs is 3. The summed E-state index contributed by atoms with van der Waals surface area (Å²) in [5.41, 5.74) is 0.672. The van der Waals surface area contributed by atoms with Gasteiger partial charge in [-0.25, -0.2) is 0 Å². The van der Waals surface area contributed by atoms with E-state index in [-0.39, 0.29) is 0 Å². The van der Waals surface area contributed by atoms with Crippen LogP contribution >= 0.6 is 0 Å². The van der Waals surface area contributed by atoms with E-state index >= 15 is 0 Å². The predicted molar refractivity (Wildman–Crippen MR) is 59.3 cm³/mol. The van der Waals surface area contributed by atoms with E-state index in [1.165, 1.54) is 58.0 Å². The van der Waals surface area contributed by atoms with E-state index in [0.717, 1.165) is 11.8 Å². The molecule has 0 amide bonds. The highest BCUT2D eigenvalue weighted by atomic mass is 15.3. The third-order valence-corrected chi connectivity index (χ3v) is 5.33. The van der Waals surface area contributed by atoms with E-state index in [1.54, 1.807) is 0 Å². The highest BCUT2D eigenvalue weighted by molar-refractivity contribution is 5.08. The number of hydrogen-bond donors (Lipinski definition) is 0. The molecule has 14 heavy (non-hydrogen) atoms. The van der Waals surface area contributed by atoms with Crippen molar-refractivity contribution in [2.45, 2.75) is 57.4 Å². The summed E-state index contributed by atoms with van der Waals surface area (Å²) in [7, 11) is 0. The number of hydrogen-bond acceptors (Lipinski definition) is 1. The molecular weight excluding hydrogens is 170 g/mol. The van der Waals surface area contributed by atoms with Crippen molar-refractivity contribution in [3.63, 3.8) is 0 Å². The Morgan fingerprint density at radius 1 is 1.21 bits per heavy atom. The Morgan fingerprint density at radius 2 is 2.07 bits per heavy atom. The van der Waals surface area contributed by atoms with Crippen molar-refractivity contribution in [3.8, 4) is 0 Å². The van der Waals surface area contributed by atoms with Crippen molar-refractivity contribution in [3.05, 3.63) is 0 Å². The lowest BCUT2D eigenvalue weighted by Crippen LogP contribution is -2.43. The van der Waals surface area contributed by atoms with Crippen LogP contribution in [0.4, 0.5) is 0 Å². The summed E-state index contributed by atoms with van der Waals surface area (Å²) >= 11 is 0. The Balaban J connectivity index is 1.89. The van der Waals surface area contributed by atoms with Crippen LogP contribution in [0, 0.1) is 11.8 Å². The first kappa shape index (κ1) is 9.21. The molecule has 0 aromatic carbocycles. The summed E-state index contributed by atoms with van der Waals surface area (Å²) in [4.78, 5) is 2.85. The molecule has 0 N–H and O–H groups in total. The fourth-order valence-electron chi connectivity index (χ4n) is 4.73. The van der Waals surface area contributed by atoms with Crippen LogP contribution in [0.25, 0.3) is 0 Å². The summed E-state index contributed by atoms with van der Waals surface area (Å²) in [6.07, 6.45) is 10.5. The molecule has 2 aliphatic heterocycles. The Kier molecular flexibility index (Phi) is 2.12. The minimum atomic E-state index is 0.672. The van der Waals surface area contributed by atoms with Crippen LogP contribution < -0.4 is 0 Å². The van der Waals surface area contributed by atoms with Gasteiger partial charge >= 0.3 is 0 Å². The first-order chi connectivity index (χ1) is 6.87. The van der Waals surface area contributed by atoms with Crippen molar-refractivity contribution in [1.82, 2.24) is 4.90 Å². The summed E-state index contributed by atoms with van der Waals surface area (Å²) < 4.78 is 0. The van der Waals surface area contributed by atoms with Gasteiger partial charge in [-0.15, -0.1) is 0 Å². The number of rotatable bonds is 1. The summed E-state index contributed by atoms with van der Waals surface area (Å²) in [5.74, 6) is 2.15. The molecule has 1 aliphatic carbocycles. The maximum Gasteiger partial charge on any atom is 0.0238 e. The van der Waals surface area contributed by atoms with E-state index in [1.807, 2.05) is 0 Å². The van der Waals surface area contributed by atoms with Gasteiger partial charge in [0.15, 0.2) is 0 Å².